The molecule has 30 heavy (non-hydrogen) atoms. The molecule has 1 heterocycles. The first-order chi connectivity index (χ1) is 14.6. The highest BCUT2D eigenvalue weighted by Crippen LogP contribution is 2.31. The van der Waals surface area contributed by atoms with Gasteiger partial charge in [0.2, 0.25) is 0 Å². The third-order valence-electron chi connectivity index (χ3n) is 4.82. The molecule has 0 aliphatic carbocycles. The molecule has 0 unspecified atom stereocenters. The van der Waals surface area contributed by atoms with Gasteiger partial charge < -0.3 is 19.7 Å². The Hall–Kier alpha value is -3.80. The van der Waals surface area contributed by atoms with Crippen molar-refractivity contribution in [2.75, 3.05) is 25.6 Å². The fourth-order valence-corrected chi connectivity index (χ4v) is 3.29. The molecule has 2 amide bonds. The highest BCUT2D eigenvalue weighted by atomic mass is 16.6. The van der Waals surface area contributed by atoms with Gasteiger partial charge in [0.15, 0.2) is 11.5 Å². The maximum Gasteiger partial charge on any atom is 0.256 e. The van der Waals surface area contributed by atoms with Crippen LogP contribution in [0.1, 0.15) is 26.3 Å². The molecule has 0 aromatic heterocycles. The van der Waals surface area contributed by atoms with Crippen LogP contribution >= 0.6 is 0 Å². The zero-order valence-corrected chi connectivity index (χ0v) is 16.6. The molecule has 0 spiro atoms. The maximum atomic E-state index is 13.0. The molecule has 0 bridgehead atoms. The number of nitrogens with one attached hydrogen (secondary N) is 1. The van der Waals surface area contributed by atoms with Gasteiger partial charge in [-0.25, -0.2) is 0 Å². The van der Waals surface area contributed by atoms with Crippen LogP contribution in [0.3, 0.4) is 0 Å². The lowest BCUT2D eigenvalue weighted by atomic mass is 10.1. The molecule has 3 aromatic carbocycles. The van der Waals surface area contributed by atoms with E-state index in [4.69, 9.17) is 9.47 Å². The van der Waals surface area contributed by atoms with Crippen molar-refractivity contribution >= 4 is 17.5 Å². The molecular weight excluding hydrogens is 380 g/mol. The SMILES string of the molecule is CN(Cc1ccccc1)C(=O)c1ccccc1NC(=O)c1ccc2c(c1)OCCO2. The molecule has 152 valence electrons. The van der Waals surface area contributed by atoms with Crippen LogP contribution < -0.4 is 14.8 Å². The third kappa shape index (κ3) is 4.27. The summed E-state index contributed by atoms with van der Waals surface area (Å²) >= 11 is 0. The Morgan fingerprint density at radius 1 is 0.900 bits per heavy atom. The minimum absolute atomic E-state index is 0.170. The Kier molecular flexibility index (Phi) is 5.66. The Bertz CT molecular complexity index is 1070. The zero-order chi connectivity index (χ0) is 20.9. The van der Waals surface area contributed by atoms with Crippen molar-refractivity contribution in [1.82, 2.24) is 4.90 Å². The zero-order valence-electron chi connectivity index (χ0n) is 16.6. The minimum Gasteiger partial charge on any atom is -0.486 e. The molecule has 6 nitrogen and oxygen atoms in total. The van der Waals surface area contributed by atoms with Crippen molar-refractivity contribution in [2.45, 2.75) is 6.54 Å². The van der Waals surface area contributed by atoms with E-state index in [1.165, 1.54) is 0 Å². The van der Waals surface area contributed by atoms with E-state index in [1.54, 1.807) is 54.4 Å². The summed E-state index contributed by atoms with van der Waals surface area (Å²) in [5.41, 5.74) is 2.36. The Balaban J connectivity index is 1.51. The summed E-state index contributed by atoms with van der Waals surface area (Å²) in [6, 6.07) is 21.8. The number of ether oxygens (including phenoxy) is 2. The highest BCUT2D eigenvalue weighted by Gasteiger charge is 2.19. The van der Waals surface area contributed by atoms with Gasteiger partial charge in [-0.2, -0.15) is 0 Å². The number of carbonyl (C=O) groups is 2. The van der Waals surface area contributed by atoms with E-state index in [9.17, 15) is 9.59 Å². The van der Waals surface area contributed by atoms with Crippen LogP contribution in [0.4, 0.5) is 5.69 Å². The number of rotatable bonds is 5. The first-order valence-corrected chi connectivity index (χ1v) is 9.71. The van der Waals surface area contributed by atoms with Gasteiger partial charge in [0.05, 0.1) is 11.3 Å². The molecule has 0 saturated heterocycles. The number of hydrogen-bond donors (Lipinski definition) is 1. The summed E-state index contributed by atoms with van der Waals surface area (Å²) in [5, 5.41) is 2.85. The largest absolute Gasteiger partial charge is 0.486 e. The first kappa shape index (κ1) is 19.5. The van der Waals surface area contributed by atoms with Gasteiger partial charge >= 0.3 is 0 Å². The molecular formula is C24H22N2O4. The van der Waals surface area contributed by atoms with Crippen molar-refractivity contribution in [1.29, 1.82) is 0 Å². The summed E-state index contributed by atoms with van der Waals surface area (Å²) in [4.78, 5) is 27.5. The molecule has 6 heteroatoms. The number of hydrogen-bond acceptors (Lipinski definition) is 4. The Morgan fingerprint density at radius 3 is 2.40 bits per heavy atom. The van der Waals surface area contributed by atoms with Gasteiger partial charge in [-0.05, 0) is 35.9 Å². The highest BCUT2D eigenvalue weighted by molar-refractivity contribution is 6.09. The van der Waals surface area contributed by atoms with Crippen LogP contribution in [0.5, 0.6) is 11.5 Å². The number of anilines is 1. The van der Waals surface area contributed by atoms with E-state index < -0.39 is 0 Å². The first-order valence-electron chi connectivity index (χ1n) is 9.71. The van der Waals surface area contributed by atoms with E-state index >= 15 is 0 Å². The molecule has 1 aliphatic heterocycles. The number of fused-ring (bicyclic) bond motifs is 1. The quantitative estimate of drug-likeness (QED) is 0.701. The second-order valence-electron chi connectivity index (χ2n) is 7.00. The molecule has 1 aliphatic rings. The molecule has 4 rings (SSSR count). The maximum absolute atomic E-state index is 13.0. The van der Waals surface area contributed by atoms with E-state index in [1.807, 2.05) is 30.3 Å². The van der Waals surface area contributed by atoms with Crippen LogP contribution in [0, 0.1) is 0 Å². The van der Waals surface area contributed by atoms with Gasteiger partial charge in [0.25, 0.3) is 11.8 Å². The van der Waals surface area contributed by atoms with E-state index in [0.29, 0.717) is 48.1 Å². The second-order valence-corrected chi connectivity index (χ2v) is 7.00. The molecule has 0 radical (unpaired) electrons. The van der Waals surface area contributed by atoms with Crippen molar-refractivity contribution in [3.63, 3.8) is 0 Å². The number of para-hydroxylation sites is 1. The molecule has 1 N–H and O–H groups in total. The third-order valence-corrected chi connectivity index (χ3v) is 4.82. The van der Waals surface area contributed by atoms with Crippen LogP contribution in [0.15, 0.2) is 72.8 Å². The van der Waals surface area contributed by atoms with Gasteiger partial charge in [-0.3, -0.25) is 9.59 Å². The average Bonchev–Trinajstić information content (AvgIpc) is 2.79. The predicted molar refractivity (Wildman–Crippen MR) is 114 cm³/mol. The van der Waals surface area contributed by atoms with Crippen LogP contribution in [-0.4, -0.2) is 37.0 Å². The molecule has 0 fully saturated rings. The fraction of sp³-hybridized carbons (Fsp3) is 0.167. The van der Waals surface area contributed by atoms with Gasteiger partial charge in [-0.1, -0.05) is 42.5 Å². The van der Waals surface area contributed by atoms with Crippen molar-refractivity contribution in [2.24, 2.45) is 0 Å². The standard InChI is InChI=1S/C24H22N2O4/c1-26(16-17-7-3-2-4-8-17)24(28)19-9-5-6-10-20(19)25-23(27)18-11-12-21-22(15-18)30-14-13-29-21/h2-12,15H,13-14,16H2,1H3,(H,25,27). The van der Waals surface area contributed by atoms with E-state index in [0.717, 1.165) is 5.56 Å². The normalized spacial score (nSPS) is 12.2. The average molecular weight is 402 g/mol. The van der Waals surface area contributed by atoms with Crippen molar-refractivity contribution in [3.05, 3.63) is 89.5 Å². The summed E-state index contributed by atoms with van der Waals surface area (Å²) in [7, 11) is 1.74. The van der Waals surface area contributed by atoms with Crippen LogP contribution in [0.2, 0.25) is 0 Å². The number of amides is 2. The number of carbonyl (C=O) groups excluding carboxylic acids is 2. The topological polar surface area (TPSA) is 67.9 Å². The van der Waals surface area contributed by atoms with Crippen molar-refractivity contribution in [3.8, 4) is 11.5 Å². The Labute approximate surface area is 175 Å². The summed E-state index contributed by atoms with van der Waals surface area (Å²) in [6.07, 6.45) is 0. The lowest BCUT2D eigenvalue weighted by Gasteiger charge is -2.20. The lowest BCUT2D eigenvalue weighted by molar-refractivity contribution is 0.0786. The Morgan fingerprint density at radius 2 is 1.60 bits per heavy atom. The van der Waals surface area contributed by atoms with E-state index in [-0.39, 0.29) is 11.8 Å². The number of benzene rings is 3. The van der Waals surface area contributed by atoms with Gasteiger partial charge in [0, 0.05) is 19.2 Å². The summed E-state index contributed by atoms with van der Waals surface area (Å²) in [6.45, 7) is 1.41. The monoisotopic (exact) mass is 402 g/mol. The molecule has 0 atom stereocenters. The van der Waals surface area contributed by atoms with Gasteiger partial charge in [-0.15, -0.1) is 0 Å². The summed E-state index contributed by atoms with van der Waals surface area (Å²) in [5.74, 6) is 0.673. The van der Waals surface area contributed by atoms with Crippen molar-refractivity contribution < 1.29 is 19.1 Å². The van der Waals surface area contributed by atoms with Crippen LogP contribution in [0.25, 0.3) is 0 Å². The molecule has 0 saturated carbocycles. The summed E-state index contributed by atoms with van der Waals surface area (Å²) < 4.78 is 11.0. The van der Waals surface area contributed by atoms with E-state index in [2.05, 4.69) is 5.32 Å². The minimum atomic E-state index is -0.321. The fourth-order valence-electron chi connectivity index (χ4n) is 3.29. The predicted octanol–water partition coefficient (Wildman–Crippen LogP) is 3.98. The second kappa shape index (κ2) is 8.69. The number of nitrogens with zero attached hydrogens (tertiary/aromatic N) is 1. The smallest absolute Gasteiger partial charge is 0.256 e. The van der Waals surface area contributed by atoms with Gasteiger partial charge in [0.1, 0.15) is 13.2 Å². The lowest BCUT2D eigenvalue weighted by Crippen LogP contribution is -2.27. The van der Waals surface area contributed by atoms with Crippen LogP contribution in [-0.2, 0) is 6.54 Å². The molecule has 3 aromatic rings.